The minimum atomic E-state index is -0.524. The van der Waals surface area contributed by atoms with Crippen molar-refractivity contribution in [2.24, 2.45) is 0 Å². The number of rotatable bonds is 7. The van der Waals surface area contributed by atoms with E-state index in [4.69, 9.17) is 9.47 Å². The Bertz CT molecular complexity index is 898. The molecule has 0 unspecified atom stereocenters. The Labute approximate surface area is 160 Å². The Morgan fingerprint density at radius 2 is 1.89 bits per heavy atom. The summed E-state index contributed by atoms with van der Waals surface area (Å²) in [6.07, 6.45) is 2.98. The van der Waals surface area contributed by atoms with Gasteiger partial charge in [-0.15, -0.1) is 11.3 Å². The summed E-state index contributed by atoms with van der Waals surface area (Å²) in [6.45, 7) is 2.52. The molecule has 140 valence electrons. The first-order valence-corrected chi connectivity index (χ1v) is 9.01. The summed E-state index contributed by atoms with van der Waals surface area (Å²) in [7, 11) is 1.55. The number of hydrogen-bond acceptors (Lipinski definition) is 8. The molecular formula is C18H19N5O3S. The standard InChI is InChI=1S/C18H19N5O3S/c1-12-20-11-16(27-12)15-7-8-19-17(23-15)21-13-3-5-14(6-4-13)22-18(24)26-10-9-25-2/h3-8,11H,9-10H2,1-2H3,(H,22,24)(H,19,21,23). The van der Waals surface area contributed by atoms with E-state index in [-0.39, 0.29) is 6.61 Å². The first kappa shape index (κ1) is 18.7. The predicted molar refractivity (Wildman–Crippen MR) is 104 cm³/mol. The van der Waals surface area contributed by atoms with Crippen LogP contribution in [-0.4, -0.2) is 41.4 Å². The van der Waals surface area contributed by atoms with E-state index in [2.05, 4.69) is 25.6 Å². The fourth-order valence-electron chi connectivity index (χ4n) is 2.17. The SMILES string of the molecule is COCCOC(=O)Nc1ccc(Nc2nccc(-c3cnc(C)s3)n2)cc1. The van der Waals surface area contributed by atoms with Crippen LogP contribution in [0.1, 0.15) is 5.01 Å². The van der Waals surface area contributed by atoms with Crippen molar-refractivity contribution in [3.8, 4) is 10.6 Å². The van der Waals surface area contributed by atoms with Gasteiger partial charge in [0.05, 0.1) is 22.2 Å². The summed E-state index contributed by atoms with van der Waals surface area (Å²) in [5, 5.41) is 6.78. The zero-order valence-electron chi connectivity index (χ0n) is 14.9. The van der Waals surface area contributed by atoms with E-state index in [0.717, 1.165) is 21.3 Å². The molecule has 0 saturated heterocycles. The third-order valence-corrected chi connectivity index (χ3v) is 4.37. The maximum absolute atomic E-state index is 11.6. The van der Waals surface area contributed by atoms with E-state index < -0.39 is 6.09 Å². The molecule has 0 radical (unpaired) electrons. The molecule has 3 aromatic rings. The van der Waals surface area contributed by atoms with Crippen molar-refractivity contribution < 1.29 is 14.3 Å². The Kier molecular flexibility index (Phi) is 6.29. The molecule has 2 N–H and O–H groups in total. The molecule has 27 heavy (non-hydrogen) atoms. The van der Waals surface area contributed by atoms with E-state index >= 15 is 0 Å². The van der Waals surface area contributed by atoms with Crippen molar-refractivity contribution in [2.45, 2.75) is 6.92 Å². The Balaban J connectivity index is 1.61. The number of thiazole rings is 1. The normalized spacial score (nSPS) is 10.4. The van der Waals surface area contributed by atoms with Crippen LogP contribution in [0, 0.1) is 6.92 Å². The van der Waals surface area contributed by atoms with Crippen molar-refractivity contribution in [2.75, 3.05) is 31.0 Å². The van der Waals surface area contributed by atoms with Crippen LogP contribution in [0.5, 0.6) is 0 Å². The number of carbonyl (C=O) groups is 1. The third kappa shape index (κ3) is 5.47. The van der Waals surface area contributed by atoms with Gasteiger partial charge in [0.1, 0.15) is 6.61 Å². The van der Waals surface area contributed by atoms with E-state index in [1.807, 2.05) is 25.1 Å². The van der Waals surface area contributed by atoms with Crippen LogP contribution in [0.25, 0.3) is 10.6 Å². The first-order chi connectivity index (χ1) is 13.1. The average molecular weight is 385 g/mol. The summed E-state index contributed by atoms with van der Waals surface area (Å²) in [5.74, 6) is 0.484. The second kappa shape index (κ2) is 9.06. The zero-order chi connectivity index (χ0) is 19.1. The lowest BCUT2D eigenvalue weighted by Crippen LogP contribution is -2.16. The zero-order valence-corrected chi connectivity index (χ0v) is 15.7. The maximum Gasteiger partial charge on any atom is 0.411 e. The van der Waals surface area contributed by atoms with E-state index in [9.17, 15) is 4.79 Å². The van der Waals surface area contributed by atoms with Gasteiger partial charge >= 0.3 is 6.09 Å². The summed E-state index contributed by atoms with van der Waals surface area (Å²) in [5.41, 5.74) is 2.24. The number of ether oxygens (including phenoxy) is 2. The number of aryl methyl sites for hydroxylation is 1. The van der Waals surface area contributed by atoms with Crippen LogP contribution in [0.15, 0.2) is 42.7 Å². The number of aromatic nitrogens is 3. The number of nitrogens with zero attached hydrogens (tertiary/aromatic N) is 3. The fraction of sp³-hybridized carbons (Fsp3) is 0.222. The van der Waals surface area contributed by atoms with Crippen LogP contribution in [-0.2, 0) is 9.47 Å². The highest BCUT2D eigenvalue weighted by Gasteiger charge is 2.07. The minimum Gasteiger partial charge on any atom is -0.447 e. The molecule has 0 bridgehead atoms. The van der Waals surface area contributed by atoms with Gasteiger partial charge in [0.2, 0.25) is 5.95 Å². The minimum absolute atomic E-state index is 0.203. The quantitative estimate of drug-likeness (QED) is 0.596. The van der Waals surface area contributed by atoms with Gasteiger partial charge in [-0.2, -0.15) is 0 Å². The van der Waals surface area contributed by atoms with Gasteiger partial charge in [0.15, 0.2) is 0 Å². The van der Waals surface area contributed by atoms with Crippen LogP contribution in [0.2, 0.25) is 0 Å². The van der Waals surface area contributed by atoms with Crippen molar-refractivity contribution in [3.05, 3.63) is 47.7 Å². The highest BCUT2D eigenvalue weighted by atomic mass is 32.1. The molecule has 0 atom stereocenters. The topological polar surface area (TPSA) is 98.3 Å². The molecule has 1 aromatic carbocycles. The van der Waals surface area contributed by atoms with Gasteiger partial charge in [-0.25, -0.2) is 19.7 Å². The second-order valence-electron chi connectivity index (χ2n) is 5.47. The summed E-state index contributed by atoms with van der Waals surface area (Å²) < 4.78 is 9.78. The molecular weight excluding hydrogens is 366 g/mol. The van der Waals surface area contributed by atoms with Crippen molar-refractivity contribution in [1.29, 1.82) is 0 Å². The van der Waals surface area contributed by atoms with Crippen molar-refractivity contribution in [1.82, 2.24) is 15.0 Å². The molecule has 2 heterocycles. The van der Waals surface area contributed by atoms with Crippen LogP contribution in [0.4, 0.5) is 22.1 Å². The predicted octanol–water partition coefficient (Wildman–Crippen LogP) is 3.85. The molecule has 3 rings (SSSR count). The molecule has 0 aliphatic rings. The molecule has 8 nitrogen and oxygen atoms in total. The fourth-order valence-corrected chi connectivity index (χ4v) is 2.92. The monoisotopic (exact) mass is 385 g/mol. The van der Waals surface area contributed by atoms with Gasteiger partial charge < -0.3 is 14.8 Å². The lowest BCUT2D eigenvalue weighted by atomic mass is 10.3. The van der Waals surface area contributed by atoms with Crippen molar-refractivity contribution >= 4 is 34.8 Å². The summed E-state index contributed by atoms with van der Waals surface area (Å²) >= 11 is 1.58. The number of anilines is 3. The molecule has 0 aliphatic heterocycles. The Hall–Kier alpha value is -3.04. The molecule has 0 fully saturated rings. The molecule has 9 heteroatoms. The number of amides is 1. The summed E-state index contributed by atoms with van der Waals surface area (Å²) in [6, 6.07) is 9.00. The van der Waals surface area contributed by atoms with Crippen LogP contribution in [0.3, 0.4) is 0 Å². The smallest absolute Gasteiger partial charge is 0.411 e. The molecule has 0 aliphatic carbocycles. The van der Waals surface area contributed by atoms with Gasteiger partial charge in [-0.05, 0) is 37.3 Å². The maximum atomic E-state index is 11.6. The van der Waals surface area contributed by atoms with Gasteiger partial charge in [0.25, 0.3) is 0 Å². The first-order valence-electron chi connectivity index (χ1n) is 8.19. The van der Waals surface area contributed by atoms with E-state index in [0.29, 0.717) is 18.2 Å². The lowest BCUT2D eigenvalue weighted by molar-refractivity contribution is 0.107. The van der Waals surface area contributed by atoms with Gasteiger partial charge in [-0.1, -0.05) is 0 Å². The number of nitrogens with one attached hydrogen (secondary N) is 2. The van der Waals surface area contributed by atoms with E-state index in [1.165, 1.54) is 0 Å². The largest absolute Gasteiger partial charge is 0.447 e. The molecule has 2 aromatic heterocycles. The third-order valence-electron chi connectivity index (χ3n) is 3.44. The lowest BCUT2D eigenvalue weighted by Gasteiger charge is -2.08. The van der Waals surface area contributed by atoms with Crippen LogP contribution < -0.4 is 10.6 Å². The highest BCUT2D eigenvalue weighted by molar-refractivity contribution is 7.15. The number of carbonyl (C=O) groups excluding carboxylic acids is 1. The van der Waals surface area contributed by atoms with Crippen molar-refractivity contribution in [3.63, 3.8) is 0 Å². The Morgan fingerprint density at radius 3 is 2.59 bits per heavy atom. The number of methoxy groups -OCH3 is 1. The molecule has 0 spiro atoms. The van der Waals surface area contributed by atoms with Gasteiger partial charge in [0, 0.05) is 30.9 Å². The molecule has 1 amide bonds. The van der Waals surface area contributed by atoms with E-state index in [1.54, 1.807) is 43.0 Å². The van der Waals surface area contributed by atoms with Crippen LogP contribution >= 0.6 is 11.3 Å². The number of benzene rings is 1. The average Bonchev–Trinajstić information content (AvgIpc) is 3.10. The Morgan fingerprint density at radius 1 is 1.11 bits per heavy atom. The summed E-state index contributed by atoms with van der Waals surface area (Å²) in [4.78, 5) is 25.6. The molecule has 0 saturated carbocycles. The van der Waals surface area contributed by atoms with Gasteiger partial charge in [-0.3, -0.25) is 5.32 Å². The highest BCUT2D eigenvalue weighted by Crippen LogP contribution is 2.25. The second-order valence-corrected chi connectivity index (χ2v) is 6.70. The number of hydrogen-bond donors (Lipinski definition) is 2.